The van der Waals surface area contributed by atoms with Crippen molar-refractivity contribution >= 4 is 22.7 Å². The Bertz CT molecular complexity index is 1560. The highest BCUT2D eigenvalue weighted by atomic mass is 16.2. The third-order valence-electron chi connectivity index (χ3n) is 9.87. The first-order chi connectivity index (χ1) is 19.9. The Balaban J connectivity index is 1.52. The summed E-state index contributed by atoms with van der Waals surface area (Å²) in [5.41, 5.74) is 5.76. The molecule has 2 aliphatic rings. The number of aromatic nitrogens is 1. The molecule has 6 atom stereocenters. The first-order valence-corrected chi connectivity index (χ1v) is 15.3. The summed E-state index contributed by atoms with van der Waals surface area (Å²) in [4.78, 5) is 34.3. The van der Waals surface area contributed by atoms with Gasteiger partial charge in [0.1, 0.15) is 6.04 Å². The quantitative estimate of drug-likeness (QED) is 0.249. The van der Waals surface area contributed by atoms with Crippen LogP contribution in [0.4, 0.5) is 0 Å². The fourth-order valence-electron chi connectivity index (χ4n) is 7.13. The summed E-state index contributed by atoms with van der Waals surface area (Å²) in [6.45, 7) is 8.76. The maximum atomic E-state index is 14.4. The molecule has 6 rings (SSSR count). The number of nitrogens with zero attached hydrogens (tertiary/aromatic N) is 1. The Kier molecular flexibility index (Phi) is 7.46. The Morgan fingerprint density at radius 1 is 0.976 bits per heavy atom. The molecule has 212 valence electrons. The summed E-state index contributed by atoms with van der Waals surface area (Å²) in [7, 11) is 0. The number of carbonyl (C=O) groups excluding carboxylic acids is 2. The lowest BCUT2D eigenvalue weighted by Crippen LogP contribution is -2.55. The summed E-state index contributed by atoms with van der Waals surface area (Å²) in [6.07, 6.45) is 4.10. The molecule has 2 N–H and O–H groups in total. The molecule has 5 nitrogen and oxygen atoms in total. The van der Waals surface area contributed by atoms with Gasteiger partial charge in [-0.2, -0.15) is 0 Å². The lowest BCUT2D eigenvalue weighted by Gasteiger charge is -2.40. The van der Waals surface area contributed by atoms with Crippen LogP contribution in [0, 0.1) is 17.8 Å². The number of rotatable bonds is 7. The van der Waals surface area contributed by atoms with Crippen molar-refractivity contribution in [2.45, 2.75) is 71.5 Å². The smallest absolute Gasteiger partial charge is 0.255 e. The first-order valence-electron chi connectivity index (χ1n) is 15.3. The van der Waals surface area contributed by atoms with Gasteiger partial charge in [-0.05, 0) is 47.4 Å². The zero-order chi connectivity index (χ0) is 28.7. The van der Waals surface area contributed by atoms with Crippen LogP contribution < -0.4 is 5.32 Å². The summed E-state index contributed by atoms with van der Waals surface area (Å²) in [5.74, 6) is 0.863. The van der Waals surface area contributed by atoms with Gasteiger partial charge in [-0.15, -0.1) is 0 Å². The molecule has 5 heteroatoms. The Labute approximate surface area is 243 Å². The molecule has 2 heterocycles. The van der Waals surface area contributed by atoms with Crippen LogP contribution in [0.3, 0.4) is 0 Å². The molecule has 1 aliphatic heterocycles. The van der Waals surface area contributed by atoms with Crippen LogP contribution in [0.25, 0.3) is 22.2 Å². The third-order valence-corrected chi connectivity index (χ3v) is 9.87. The van der Waals surface area contributed by atoms with Gasteiger partial charge in [-0.25, -0.2) is 0 Å². The monoisotopic (exact) mass is 547 g/mol. The van der Waals surface area contributed by atoms with Crippen molar-refractivity contribution in [3.8, 4) is 11.3 Å². The van der Waals surface area contributed by atoms with Crippen molar-refractivity contribution < 1.29 is 9.59 Å². The molecule has 6 unspecified atom stereocenters. The zero-order valence-electron chi connectivity index (χ0n) is 24.6. The average Bonchev–Trinajstić information content (AvgIpc) is 3.51. The number of hydrogen-bond donors (Lipinski definition) is 2. The molecule has 0 spiro atoms. The molecule has 4 aromatic rings. The molecule has 41 heavy (non-hydrogen) atoms. The van der Waals surface area contributed by atoms with Gasteiger partial charge in [0, 0.05) is 28.1 Å². The molecule has 2 amide bonds. The minimum Gasteiger partial charge on any atom is -0.354 e. The number of carbonyl (C=O) groups is 2. The van der Waals surface area contributed by atoms with Crippen LogP contribution in [0.1, 0.15) is 80.9 Å². The summed E-state index contributed by atoms with van der Waals surface area (Å²) in [6, 6.07) is 25.6. The minimum absolute atomic E-state index is 0.0162. The second-order valence-corrected chi connectivity index (χ2v) is 12.2. The highest BCUT2D eigenvalue weighted by molar-refractivity contribution is 6.04. The summed E-state index contributed by atoms with van der Waals surface area (Å²) >= 11 is 0. The van der Waals surface area contributed by atoms with Crippen LogP contribution in [0.5, 0.6) is 0 Å². The number of nitrogens with one attached hydrogen (secondary N) is 2. The lowest BCUT2D eigenvalue weighted by molar-refractivity contribution is -0.129. The largest absolute Gasteiger partial charge is 0.354 e. The maximum absolute atomic E-state index is 14.4. The van der Waals surface area contributed by atoms with E-state index in [4.69, 9.17) is 0 Å². The van der Waals surface area contributed by atoms with Crippen LogP contribution in [-0.2, 0) is 4.79 Å². The Morgan fingerprint density at radius 3 is 2.46 bits per heavy atom. The van der Waals surface area contributed by atoms with Gasteiger partial charge >= 0.3 is 0 Å². The van der Waals surface area contributed by atoms with E-state index in [1.165, 1.54) is 6.42 Å². The number of para-hydroxylation sites is 1. The third kappa shape index (κ3) is 4.75. The van der Waals surface area contributed by atoms with Gasteiger partial charge in [-0.1, -0.05) is 114 Å². The molecule has 1 aromatic heterocycles. The molecule has 0 saturated heterocycles. The van der Waals surface area contributed by atoms with Gasteiger partial charge in [0.15, 0.2) is 0 Å². The second kappa shape index (κ2) is 11.2. The van der Waals surface area contributed by atoms with Gasteiger partial charge < -0.3 is 15.2 Å². The summed E-state index contributed by atoms with van der Waals surface area (Å²) in [5, 5.41) is 4.52. The van der Waals surface area contributed by atoms with Gasteiger partial charge in [0.25, 0.3) is 5.91 Å². The van der Waals surface area contributed by atoms with Gasteiger partial charge in [0.05, 0.1) is 11.7 Å². The van der Waals surface area contributed by atoms with E-state index < -0.39 is 12.1 Å². The number of H-pyrrole nitrogens is 1. The highest BCUT2D eigenvalue weighted by Gasteiger charge is 2.47. The van der Waals surface area contributed by atoms with E-state index in [0.717, 1.165) is 52.5 Å². The van der Waals surface area contributed by atoms with Crippen LogP contribution >= 0.6 is 0 Å². The second-order valence-electron chi connectivity index (χ2n) is 12.2. The lowest BCUT2D eigenvalue weighted by atomic mass is 9.78. The van der Waals surface area contributed by atoms with E-state index in [9.17, 15) is 9.59 Å². The number of hydrogen-bond acceptors (Lipinski definition) is 2. The van der Waals surface area contributed by atoms with Crippen molar-refractivity contribution in [1.29, 1.82) is 0 Å². The Hall–Kier alpha value is -3.86. The van der Waals surface area contributed by atoms with Crippen molar-refractivity contribution in [3.63, 3.8) is 0 Å². The topological polar surface area (TPSA) is 65.2 Å². The van der Waals surface area contributed by atoms with Crippen molar-refractivity contribution in [2.75, 3.05) is 0 Å². The van der Waals surface area contributed by atoms with Crippen molar-refractivity contribution in [2.24, 2.45) is 17.8 Å². The molecule has 1 aliphatic carbocycles. The van der Waals surface area contributed by atoms with E-state index in [1.807, 2.05) is 53.4 Å². The zero-order valence-corrected chi connectivity index (χ0v) is 24.6. The van der Waals surface area contributed by atoms with Crippen LogP contribution in [0.2, 0.25) is 0 Å². The molecule has 1 fully saturated rings. The van der Waals surface area contributed by atoms with E-state index in [1.54, 1.807) is 0 Å². The first kappa shape index (κ1) is 27.3. The summed E-state index contributed by atoms with van der Waals surface area (Å²) < 4.78 is 0. The number of aromatic amines is 1. The van der Waals surface area contributed by atoms with E-state index in [-0.39, 0.29) is 23.8 Å². The Morgan fingerprint density at radius 2 is 1.68 bits per heavy atom. The van der Waals surface area contributed by atoms with Crippen LogP contribution in [0.15, 0.2) is 78.9 Å². The molecule has 0 radical (unpaired) electrons. The van der Waals surface area contributed by atoms with E-state index >= 15 is 0 Å². The molecule has 0 bridgehead atoms. The normalized spacial score (nSPS) is 23.8. The highest BCUT2D eigenvalue weighted by Crippen LogP contribution is 2.47. The fraction of sp³-hybridized carbons (Fsp3) is 0.389. The SMILES string of the molecule is CCC(C)C(C(=O)NC1CCCC(C)C1C)N1C(=O)c2ccccc2C1c1c(-c2ccccc2)[nH]c2ccccc12. The van der Waals surface area contributed by atoms with E-state index in [2.05, 4.69) is 68.3 Å². The fourth-order valence-corrected chi connectivity index (χ4v) is 7.13. The molecular weight excluding hydrogens is 506 g/mol. The predicted molar refractivity (Wildman–Crippen MR) is 166 cm³/mol. The standard InChI is InChI=1S/C36H41N3O2/c1-5-22(2)33(35(40)38-29-21-13-14-23(3)24(29)4)39-34(26-17-9-10-18-27(26)36(39)41)31-28-19-11-12-20-30(28)37-32(31)25-15-7-6-8-16-25/h6-12,15-20,22-24,29,33-34,37H,5,13-14,21H2,1-4H3,(H,38,40). The predicted octanol–water partition coefficient (Wildman–Crippen LogP) is 7.74. The van der Waals surface area contributed by atoms with Crippen LogP contribution in [-0.4, -0.2) is 33.8 Å². The van der Waals surface area contributed by atoms with Gasteiger partial charge in [0.2, 0.25) is 5.91 Å². The molecule has 3 aromatic carbocycles. The number of benzene rings is 3. The molecule has 1 saturated carbocycles. The van der Waals surface area contributed by atoms with Crippen molar-refractivity contribution in [3.05, 3.63) is 95.6 Å². The molecular formula is C36H41N3O2. The number of fused-ring (bicyclic) bond motifs is 2. The van der Waals surface area contributed by atoms with Gasteiger partial charge in [-0.3, -0.25) is 9.59 Å². The maximum Gasteiger partial charge on any atom is 0.255 e. The average molecular weight is 548 g/mol. The minimum atomic E-state index is -0.591. The van der Waals surface area contributed by atoms with E-state index in [0.29, 0.717) is 17.4 Å². The van der Waals surface area contributed by atoms with Crippen molar-refractivity contribution in [1.82, 2.24) is 15.2 Å². The number of amides is 2.